The Morgan fingerprint density at radius 1 is 1.12 bits per heavy atom. The van der Waals surface area contributed by atoms with Crippen LogP contribution in [0.2, 0.25) is 0 Å². The molecule has 0 N–H and O–H groups in total. The van der Waals surface area contributed by atoms with E-state index in [2.05, 4.69) is 39.0 Å². The number of hydrogen-bond donors (Lipinski definition) is 0. The normalized spacial score (nSPS) is 21.2. The zero-order valence-electron chi connectivity index (χ0n) is 10.9. The average Bonchev–Trinajstić information content (AvgIpc) is 2.61. The minimum atomic E-state index is 0. The van der Waals surface area contributed by atoms with E-state index >= 15 is 0 Å². The van der Waals surface area contributed by atoms with Crippen LogP contribution in [-0.2, 0) is 0 Å². The van der Waals surface area contributed by atoms with Crippen LogP contribution < -0.4 is 0 Å². The van der Waals surface area contributed by atoms with Crippen molar-refractivity contribution in [1.82, 2.24) is 0 Å². The smallest absolute Gasteiger partial charge is 0.00134 e. The average molecular weight is 220 g/mol. The maximum atomic E-state index is 2.40. The first-order valence-corrected chi connectivity index (χ1v) is 6.20. The number of hydrogen-bond acceptors (Lipinski definition) is 0. The summed E-state index contributed by atoms with van der Waals surface area (Å²) in [6.45, 7) is 10.8. The second kappa shape index (κ2) is 6.08. The summed E-state index contributed by atoms with van der Waals surface area (Å²) in [6, 6.07) is 0. The van der Waals surface area contributed by atoms with Gasteiger partial charge in [0.25, 0.3) is 0 Å². The Hall–Kier alpha value is -0.780. The molecule has 0 aliphatic heterocycles. The molecule has 0 heteroatoms. The van der Waals surface area contributed by atoms with Gasteiger partial charge in [-0.25, -0.2) is 0 Å². The summed E-state index contributed by atoms with van der Waals surface area (Å²) in [5.41, 5.74) is 4.94. The fraction of sp³-hybridized carbons (Fsp3) is 0.625. The van der Waals surface area contributed by atoms with E-state index in [4.69, 9.17) is 0 Å². The summed E-state index contributed by atoms with van der Waals surface area (Å²) >= 11 is 0. The minimum absolute atomic E-state index is 0. The van der Waals surface area contributed by atoms with E-state index < -0.39 is 0 Å². The van der Waals surface area contributed by atoms with E-state index in [0.717, 1.165) is 0 Å². The maximum absolute atomic E-state index is 2.40. The van der Waals surface area contributed by atoms with Crippen molar-refractivity contribution in [3.8, 4) is 0 Å². The molecule has 0 bridgehead atoms. The first kappa shape index (κ1) is 15.2. The van der Waals surface area contributed by atoms with Crippen LogP contribution >= 0.6 is 0 Å². The van der Waals surface area contributed by atoms with Crippen molar-refractivity contribution in [3.05, 3.63) is 34.9 Å². The maximum Gasteiger partial charge on any atom is 0.00134 e. The van der Waals surface area contributed by atoms with E-state index in [9.17, 15) is 0 Å². The number of rotatable bonds is 0. The Morgan fingerprint density at radius 3 is 2.38 bits per heavy atom. The van der Waals surface area contributed by atoms with Crippen LogP contribution in [0.3, 0.4) is 0 Å². The van der Waals surface area contributed by atoms with Gasteiger partial charge in [-0.1, -0.05) is 58.9 Å². The SMILES string of the molecule is C.CC.CC1=CC(C)(C)C=CC2=C1CCC2. The molecule has 0 heterocycles. The highest BCUT2D eigenvalue weighted by atomic mass is 14.3. The first-order chi connectivity index (χ1) is 7.08. The fourth-order valence-electron chi connectivity index (χ4n) is 2.41. The van der Waals surface area contributed by atoms with Crippen molar-refractivity contribution in [2.45, 2.75) is 61.3 Å². The van der Waals surface area contributed by atoms with Gasteiger partial charge in [-0.2, -0.15) is 0 Å². The molecule has 0 aromatic heterocycles. The van der Waals surface area contributed by atoms with Crippen molar-refractivity contribution in [1.29, 1.82) is 0 Å². The summed E-state index contributed by atoms with van der Waals surface area (Å²) in [5, 5.41) is 0. The quantitative estimate of drug-likeness (QED) is 0.493. The molecule has 0 spiro atoms. The molecule has 0 radical (unpaired) electrons. The van der Waals surface area contributed by atoms with E-state index in [0.29, 0.717) is 0 Å². The van der Waals surface area contributed by atoms with E-state index in [1.54, 1.807) is 11.1 Å². The van der Waals surface area contributed by atoms with Gasteiger partial charge in [0.2, 0.25) is 0 Å². The predicted octanol–water partition coefficient (Wildman–Crippen LogP) is 5.67. The summed E-state index contributed by atoms with van der Waals surface area (Å²) in [7, 11) is 0. The third kappa shape index (κ3) is 3.37. The van der Waals surface area contributed by atoms with Gasteiger partial charge in [0.1, 0.15) is 0 Å². The van der Waals surface area contributed by atoms with Gasteiger partial charge in [-0.15, -0.1) is 0 Å². The monoisotopic (exact) mass is 220 g/mol. The second-order valence-electron chi connectivity index (χ2n) is 4.84. The molecule has 0 amide bonds. The van der Waals surface area contributed by atoms with E-state index in [1.807, 2.05) is 13.8 Å². The summed E-state index contributed by atoms with van der Waals surface area (Å²) in [4.78, 5) is 0. The van der Waals surface area contributed by atoms with E-state index in [1.165, 1.54) is 24.8 Å². The van der Waals surface area contributed by atoms with Crippen molar-refractivity contribution in [2.24, 2.45) is 5.41 Å². The van der Waals surface area contributed by atoms with Crippen molar-refractivity contribution in [2.75, 3.05) is 0 Å². The van der Waals surface area contributed by atoms with Gasteiger partial charge in [-0.05, 0) is 37.3 Å². The van der Waals surface area contributed by atoms with Gasteiger partial charge in [0, 0.05) is 5.41 Å². The van der Waals surface area contributed by atoms with Crippen LogP contribution in [0.5, 0.6) is 0 Å². The van der Waals surface area contributed by atoms with Crippen molar-refractivity contribution >= 4 is 0 Å². The van der Waals surface area contributed by atoms with Gasteiger partial charge in [0.05, 0.1) is 0 Å². The Bertz CT molecular complexity index is 311. The molecule has 0 fully saturated rings. The van der Waals surface area contributed by atoms with Crippen LogP contribution in [0.1, 0.15) is 61.3 Å². The summed E-state index contributed by atoms with van der Waals surface area (Å²) in [5.74, 6) is 0. The van der Waals surface area contributed by atoms with Gasteiger partial charge in [0.15, 0.2) is 0 Å². The highest BCUT2D eigenvalue weighted by Gasteiger charge is 2.20. The largest absolute Gasteiger partial charge is 0.0776 e. The molecular weight excluding hydrogens is 192 g/mol. The van der Waals surface area contributed by atoms with Crippen molar-refractivity contribution in [3.63, 3.8) is 0 Å². The molecule has 2 aliphatic rings. The molecule has 0 nitrogen and oxygen atoms in total. The van der Waals surface area contributed by atoms with Gasteiger partial charge in [-0.3, -0.25) is 0 Å². The Kier molecular flexibility index (Phi) is 5.78. The van der Waals surface area contributed by atoms with E-state index in [-0.39, 0.29) is 12.8 Å². The van der Waals surface area contributed by atoms with Gasteiger partial charge >= 0.3 is 0 Å². The summed E-state index contributed by atoms with van der Waals surface area (Å²) in [6.07, 6.45) is 11.0. The molecular formula is C16H28. The molecule has 2 aliphatic carbocycles. The van der Waals surface area contributed by atoms with Crippen LogP contribution in [0, 0.1) is 5.41 Å². The third-order valence-corrected chi connectivity index (χ3v) is 3.04. The van der Waals surface area contributed by atoms with Gasteiger partial charge < -0.3 is 0 Å². The second-order valence-corrected chi connectivity index (χ2v) is 4.84. The standard InChI is InChI=1S/C13H18.C2H6.CH4/c1-10-9-13(2,3)8-7-11-5-4-6-12(10)11;1-2;/h7-9H,4-6H2,1-3H3;1-2H3;1H4. The molecule has 0 saturated carbocycles. The minimum Gasteiger partial charge on any atom is -0.0776 e. The van der Waals surface area contributed by atoms with Crippen molar-refractivity contribution < 1.29 is 0 Å². The van der Waals surface area contributed by atoms with Crippen LogP contribution in [0.25, 0.3) is 0 Å². The lowest BCUT2D eigenvalue weighted by atomic mass is 9.90. The molecule has 0 unspecified atom stereocenters. The molecule has 2 rings (SSSR count). The molecule has 0 aromatic carbocycles. The molecule has 0 saturated heterocycles. The lowest BCUT2D eigenvalue weighted by Crippen LogP contribution is -2.02. The Labute approximate surface area is 102 Å². The Balaban J connectivity index is 0.000000711. The first-order valence-electron chi connectivity index (χ1n) is 6.20. The number of allylic oxidation sites excluding steroid dienone is 6. The third-order valence-electron chi connectivity index (χ3n) is 3.04. The van der Waals surface area contributed by atoms with Crippen LogP contribution in [-0.4, -0.2) is 0 Å². The highest BCUT2D eigenvalue weighted by molar-refractivity contribution is 5.45. The zero-order valence-corrected chi connectivity index (χ0v) is 10.9. The predicted molar refractivity (Wildman–Crippen MR) is 75.6 cm³/mol. The molecule has 0 atom stereocenters. The fourth-order valence-corrected chi connectivity index (χ4v) is 2.41. The van der Waals surface area contributed by atoms with Crippen LogP contribution in [0.4, 0.5) is 0 Å². The molecule has 0 aromatic rings. The lowest BCUT2D eigenvalue weighted by Gasteiger charge is -2.15. The zero-order chi connectivity index (χ0) is 11.5. The topological polar surface area (TPSA) is 0 Å². The molecule has 92 valence electrons. The lowest BCUT2D eigenvalue weighted by molar-refractivity contribution is 0.621. The summed E-state index contributed by atoms with van der Waals surface area (Å²) < 4.78 is 0. The molecule has 16 heavy (non-hydrogen) atoms. The Morgan fingerprint density at radius 2 is 1.75 bits per heavy atom. The van der Waals surface area contributed by atoms with Crippen LogP contribution in [0.15, 0.2) is 34.9 Å². The highest BCUT2D eigenvalue weighted by Crippen LogP contribution is 2.37.